The second-order valence-corrected chi connectivity index (χ2v) is 19.6. The lowest BCUT2D eigenvalue weighted by Gasteiger charge is -2.62. The predicted molar refractivity (Wildman–Crippen MR) is 235 cm³/mol. The summed E-state index contributed by atoms with van der Waals surface area (Å²) < 4.78 is 58.5. The Hall–Kier alpha value is -4.96. The summed E-state index contributed by atoms with van der Waals surface area (Å²) in [7, 11) is 1.43. The van der Waals surface area contributed by atoms with Crippen LogP contribution in [-0.4, -0.2) is 103 Å². The molecule has 0 radical (unpaired) electrons. The number of piperazine rings is 1. The lowest BCUT2D eigenvalue weighted by Crippen LogP contribution is -2.70. The van der Waals surface area contributed by atoms with Gasteiger partial charge in [-0.1, -0.05) is 32.4 Å². The fourth-order valence-corrected chi connectivity index (χ4v) is 12.5. The molecular formula is C49H61F2N3O11. The Bertz CT molecular complexity index is 2430. The van der Waals surface area contributed by atoms with Crippen molar-refractivity contribution in [1.82, 2.24) is 9.88 Å². The summed E-state index contributed by atoms with van der Waals surface area (Å²) in [5.41, 5.74) is -6.21. The molecule has 14 nitrogen and oxygen atoms in total. The maximum atomic E-state index is 17.9. The third kappa shape index (κ3) is 7.50. The molecule has 6 aliphatic rings. The number of ketones is 2. The number of pyridine rings is 1. The SMILES string of the molecule is CCCC(=O)O[C@@]1(C(=O)COC(=O)CCCOC(=O)c2cn(C3CC3)c3c(OC)c(N4CCNC(C)C4)c(F)cc3c2=O)[C@H](C)C[C@@H]2[C@H]3CCC4=CC(=O)C=C[C@@]4(C)[C@]3(F)[C@H](O)C[C@]21C. The molecule has 2 aromatic rings. The fourth-order valence-electron chi connectivity index (χ4n) is 12.5. The number of nitrogens with zero attached hydrogens (tertiary/aromatic N) is 2. The van der Waals surface area contributed by atoms with Crippen molar-refractivity contribution < 1.29 is 56.8 Å². The van der Waals surface area contributed by atoms with E-state index in [4.69, 9.17) is 18.9 Å². The van der Waals surface area contributed by atoms with Crippen molar-refractivity contribution in [3.63, 3.8) is 0 Å². The molecule has 2 heterocycles. The van der Waals surface area contributed by atoms with Crippen LogP contribution < -0.4 is 20.4 Å². The quantitative estimate of drug-likeness (QED) is 0.128. The van der Waals surface area contributed by atoms with Crippen LogP contribution in [0, 0.1) is 34.4 Å². The number of carbonyl (C=O) groups excluding carboxylic acids is 5. The van der Waals surface area contributed by atoms with Gasteiger partial charge in [-0.15, -0.1) is 0 Å². The highest BCUT2D eigenvalue weighted by atomic mass is 19.1. The first-order valence-corrected chi connectivity index (χ1v) is 23.2. The number of halogens is 2. The van der Waals surface area contributed by atoms with Gasteiger partial charge in [0.25, 0.3) is 0 Å². The Morgan fingerprint density at radius 2 is 1.78 bits per heavy atom. The Morgan fingerprint density at radius 3 is 2.48 bits per heavy atom. The van der Waals surface area contributed by atoms with Gasteiger partial charge in [0, 0.05) is 73.4 Å². The van der Waals surface area contributed by atoms with Crippen molar-refractivity contribution in [2.75, 3.05) is 44.9 Å². The molecule has 0 spiro atoms. The number of carbonyl (C=O) groups is 5. The van der Waals surface area contributed by atoms with E-state index in [9.17, 15) is 33.9 Å². The van der Waals surface area contributed by atoms with Gasteiger partial charge in [-0.2, -0.15) is 0 Å². The molecule has 2 N–H and O–H groups in total. The van der Waals surface area contributed by atoms with E-state index in [2.05, 4.69) is 5.32 Å². The topological polar surface area (TPSA) is 180 Å². The number of allylic oxidation sites excluding steroid dienone is 4. The van der Waals surface area contributed by atoms with Crippen LogP contribution in [0.25, 0.3) is 10.9 Å². The highest BCUT2D eigenvalue weighted by molar-refractivity contribution is 6.01. The predicted octanol–water partition coefficient (Wildman–Crippen LogP) is 6.03. The summed E-state index contributed by atoms with van der Waals surface area (Å²) in [5.74, 6) is -5.55. The maximum absolute atomic E-state index is 17.9. The van der Waals surface area contributed by atoms with Gasteiger partial charge in [0.2, 0.25) is 11.2 Å². The molecule has 1 aliphatic heterocycles. The van der Waals surface area contributed by atoms with Crippen molar-refractivity contribution in [3.05, 3.63) is 57.7 Å². The van der Waals surface area contributed by atoms with Crippen LogP contribution in [0.4, 0.5) is 14.5 Å². The first-order valence-electron chi connectivity index (χ1n) is 23.2. The zero-order valence-corrected chi connectivity index (χ0v) is 38.1. The number of aliphatic hydroxyl groups excluding tert-OH is 1. The molecule has 0 bridgehead atoms. The van der Waals surface area contributed by atoms with Crippen molar-refractivity contribution in [2.24, 2.45) is 28.6 Å². The second-order valence-electron chi connectivity index (χ2n) is 19.6. The summed E-state index contributed by atoms with van der Waals surface area (Å²) in [6, 6.07) is 1.23. The number of anilines is 1. The normalized spacial score (nSPS) is 32.8. The molecule has 5 aliphatic carbocycles. The van der Waals surface area contributed by atoms with Crippen LogP contribution in [0.3, 0.4) is 0 Å². The number of alkyl halides is 1. The first-order chi connectivity index (χ1) is 30.9. The number of ether oxygens (including phenoxy) is 4. The molecule has 9 atom stereocenters. The third-order valence-corrected chi connectivity index (χ3v) is 15.7. The minimum atomic E-state index is -2.16. The summed E-state index contributed by atoms with van der Waals surface area (Å²) in [6.45, 7) is 9.72. The average Bonchev–Trinajstić information content (AvgIpc) is 4.08. The summed E-state index contributed by atoms with van der Waals surface area (Å²) in [6.07, 6.45) is 6.78. The zero-order valence-electron chi connectivity index (χ0n) is 38.1. The molecule has 5 fully saturated rings. The maximum Gasteiger partial charge on any atom is 0.343 e. The summed E-state index contributed by atoms with van der Waals surface area (Å²) in [5, 5.41) is 15.2. The van der Waals surface area contributed by atoms with E-state index in [0.29, 0.717) is 56.4 Å². The molecule has 0 amide bonds. The Morgan fingerprint density at radius 1 is 1.03 bits per heavy atom. The van der Waals surface area contributed by atoms with Gasteiger partial charge >= 0.3 is 17.9 Å². The van der Waals surface area contributed by atoms with E-state index in [1.807, 2.05) is 11.8 Å². The smallest absolute Gasteiger partial charge is 0.343 e. The molecule has 352 valence electrons. The van der Waals surface area contributed by atoms with Crippen molar-refractivity contribution in [1.29, 1.82) is 0 Å². The molecular weight excluding hydrogens is 845 g/mol. The molecule has 4 saturated carbocycles. The number of rotatable bonds is 14. The van der Waals surface area contributed by atoms with E-state index < -0.39 is 87.5 Å². The van der Waals surface area contributed by atoms with Crippen molar-refractivity contribution >= 4 is 46.1 Å². The third-order valence-electron chi connectivity index (χ3n) is 15.7. The van der Waals surface area contributed by atoms with Gasteiger partial charge in [0.15, 0.2) is 35.2 Å². The Balaban J connectivity index is 0.948. The summed E-state index contributed by atoms with van der Waals surface area (Å²) >= 11 is 0. The molecule has 8 rings (SSSR count). The molecule has 1 aromatic carbocycles. The molecule has 65 heavy (non-hydrogen) atoms. The van der Waals surface area contributed by atoms with E-state index >= 15 is 8.78 Å². The van der Waals surface area contributed by atoms with Crippen LogP contribution in [0.2, 0.25) is 0 Å². The Kier molecular flexibility index (Phi) is 12.4. The van der Waals surface area contributed by atoms with Crippen LogP contribution in [0.5, 0.6) is 5.75 Å². The van der Waals surface area contributed by atoms with Crippen LogP contribution in [0.15, 0.2) is 40.9 Å². The number of aliphatic hydroxyl groups is 1. The summed E-state index contributed by atoms with van der Waals surface area (Å²) in [4.78, 5) is 82.5. The minimum Gasteiger partial charge on any atom is -0.492 e. The number of nitrogens with one attached hydrogen (secondary N) is 1. The fraction of sp³-hybridized carbons (Fsp3) is 0.633. The lowest BCUT2D eigenvalue weighted by molar-refractivity contribution is -0.228. The minimum absolute atomic E-state index is 0.0130. The number of hydrogen-bond donors (Lipinski definition) is 2. The van der Waals surface area contributed by atoms with E-state index in [-0.39, 0.29) is 72.5 Å². The number of fused-ring (bicyclic) bond motifs is 6. The number of hydrogen-bond acceptors (Lipinski definition) is 13. The van der Waals surface area contributed by atoms with Crippen molar-refractivity contribution in [2.45, 2.75) is 128 Å². The van der Waals surface area contributed by atoms with Gasteiger partial charge in [0.1, 0.15) is 11.3 Å². The largest absolute Gasteiger partial charge is 0.492 e. The van der Waals surface area contributed by atoms with Crippen LogP contribution in [0.1, 0.15) is 115 Å². The molecule has 1 saturated heterocycles. The molecule has 16 heteroatoms. The highest BCUT2D eigenvalue weighted by Crippen LogP contribution is 2.71. The van der Waals surface area contributed by atoms with Gasteiger partial charge in [0.05, 0.1) is 30.7 Å². The molecule has 1 unspecified atom stereocenters. The Labute approximate surface area is 377 Å². The van der Waals surface area contributed by atoms with E-state index in [1.165, 1.54) is 25.5 Å². The zero-order chi connectivity index (χ0) is 46.8. The van der Waals surface area contributed by atoms with Crippen LogP contribution in [-0.2, 0) is 33.4 Å². The number of Topliss-reactive ketones (excluding diaryl/α,β-unsaturated/α-hetero) is 1. The number of aromatic nitrogens is 1. The monoisotopic (exact) mass is 905 g/mol. The van der Waals surface area contributed by atoms with Gasteiger partial charge < -0.3 is 38.8 Å². The van der Waals surface area contributed by atoms with E-state index in [1.54, 1.807) is 38.3 Å². The van der Waals surface area contributed by atoms with Crippen molar-refractivity contribution in [3.8, 4) is 5.75 Å². The van der Waals surface area contributed by atoms with Gasteiger partial charge in [-0.25, -0.2) is 13.6 Å². The molecule has 1 aromatic heterocycles. The second kappa shape index (κ2) is 17.4. The number of esters is 3. The standard InChI is InChI=1S/C49H61F2N3O11/c1-7-9-40(59)65-49(27(2)20-35-34-14-11-29-21-31(55)15-16-46(29,4)48(34,51)37(56)23-47(35,49)5)38(57)26-64-39(58)10-8-19-63-45(61)33-25-54(30-12-13-30)41-32(43(33)60)22-36(50)42(44(41)62-6)53-18-17-52-28(3)24-53/h15-16,21-22,25,27-28,30,34-35,37,52,56H,7-14,17-20,23-24,26H2,1-6H3/t27-,28?,34-,35-,37-,46-,47-,48-,49-/m1/s1. The number of benzene rings is 1. The lowest BCUT2D eigenvalue weighted by atomic mass is 9.44. The van der Waals surface area contributed by atoms with Crippen LogP contribution >= 0.6 is 0 Å². The number of methoxy groups -OCH3 is 1. The average molecular weight is 906 g/mol. The van der Waals surface area contributed by atoms with Gasteiger partial charge in [-0.05, 0) is 89.4 Å². The first kappa shape index (κ1) is 46.6. The highest BCUT2D eigenvalue weighted by Gasteiger charge is 2.77. The van der Waals surface area contributed by atoms with Gasteiger partial charge in [-0.3, -0.25) is 24.0 Å². The van der Waals surface area contributed by atoms with E-state index in [0.717, 1.165) is 18.9 Å².